The summed E-state index contributed by atoms with van der Waals surface area (Å²) in [6.45, 7) is 1.99. The average molecular weight is 276 g/mol. The predicted octanol–water partition coefficient (Wildman–Crippen LogP) is 3.24. The normalized spacial score (nSPS) is 15.5. The van der Waals surface area contributed by atoms with E-state index in [0.717, 1.165) is 17.5 Å². The van der Waals surface area contributed by atoms with Crippen molar-refractivity contribution in [1.82, 2.24) is 5.43 Å². The first kappa shape index (κ1) is 12.8. The lowest BCUT2D eigenvalue weighted by atomic mass is 10.00. The van der Waals surface area contributed by atoms with Gasteiger partial charge < -0.3 is 0 Å². The zero-order chi connectivity index (χ0) is 13.4. The summed E-state index contributed by atoms with van der Waals surface area (Å²) >= 11 is 1.80. The SMILES string of the molecule is Cc1ccc(F)cc1C(NN)c1cc2c(s1)CCC2. The number of hydrazine groups is 1. The summed E-state index contributed by atoms with van der Waals surface area (Å²) in [6.07, 6.45) is 3.58. The molecular formula is C15H17FN2S. The molecule has 0 amide bonds. The number of nitrogens with two attached hydrogens (primary N) is 1. The monoisotopic (exact) mass is 276 g/mol. The molecule has 0 spiro atoms. The van der Waals surface area contributed by atoms with Crippen LogP contribution in [0.15, 0.2) is 24.3 Å². The summed E-state index contributed by atoms with van der Waals surface area (Å²) in [6, 6.07) is 6.97. The van der Waals surface area contributed by atoms with Crippen molar-refractivity contribution in [2.75, 3.05) is 0 Å². The Morgan fingerprint density at radius 1 is 1.32 bits per heavy atom. The molecule has 0 saturated carbocycles. The molecule has 1 aliphatic carbocycles. The third-order valence-corrected chi connectivity index (χ3v) is 5.07. The van der Waals surface area contributed by atoms with Crippen LogP contribution >= 0.6 is 11.3 Å². The fourth-order valence-electron chi connectivity index (χ4n) is 2.74. The number of hydrogen-bond donors (Lipinski definition) is 2. The summed E-state index contributed by atoms with van der Waals surface area (Å²) in [5.41, 5.74) is 6.25. The van der Waals surface area contributed by atoms with Crippen molar-refractivity contribution < 1.29 is 4.39 Å². The summed E-state index contributed by atoms with van der Waals surface area (Å²) in [5, 5.41) is 0. The van der Waals surface area contributed by atoms with Gasteiger partial charge in [0.25, 0.3) is 0 Å². The highest BCUT2D eigenvalue weighted by Gasteiger charge is 2.22. The van der Waals surface area contributed by atoms with Crippen LogP contribution in [-0.4, -0.2) is 0 Å². The molecule has 0 saturated heterocycles. The number of aryl methyl sites for hydroxylation is 3. The molecule has 2 aromatic rings. The van der Waals surface area contributed by atoms with Gasteiger partial charge >= 0.3 is 0 Å². The first-order valence-electron chi connectivity index (χ1n) is 6.52. The minimum atomic E-state index is -0.218. The number of fused-ring (bicyclic) bond motifs is 1. The highest BCUT2D eigenvalue weighted by molar-refractivity contribution is 7.12. The number of rotatable bonds is 3. The number of hydrogen-bond acceptors (Lipinski definition) is 3. The quantitative estimate of drug-likeness (QED) is 0.667. The van der Waals surface area contributed by atoms with Crippen LogP contribution in [0.5, 0.6) is 0 Å². The molecule has 19 heavy (non-hydrogen) atoms. The molecule has 1 aromatic carbocycles. The molecule has 1 heterocycles. The number of thiophene rings is 1. The van der Waals surface area contributed by atoms with E-state index in [1.54, 1.807) is 23.5 Å². The first-order valence-corrected chi connectivity index (χ1v) is 7.34. The zero-order valence-electron chi connectivity index (χ0n) is 10.9. The Hall–Kier alpha value is -1.23. The van der Waals surface area contributed by atoms with Crippen molar-refractivity contribution in [3.05, 3.63) is 56.5 Å². The summed E-state index contributed by atoms with van der Waals surface area (Å²) in [7, 11) is 0. The molecule has 1 atom stereocenters. The van der Waals surface area contributed by atoms with E-state index in [-0.39, 0.29) is 11.9 Å². The van der Waals surface area contributed by atoms with Crippen molar-refractivity contribution in [3.8, 4) is 0 Å². The Balaban J connectivity index is 2.01. The van der Waals surface area contributed by atoms with Gasteiger partial charge in [0.2, 0.25) is 0 Å². The van der Waals surface area contributed by atoms with Crippen LogP contribution in [0.1, 0.15) is 38.9 Å². The first-order chi connectivity index (χ1) is 9.19. The lowest BCUT2D eigenvalue weighted by Crippen LogP contribution is -2.28. The van der Waals surface area contributed by atoms with Gasteiger partial charge in [-0.3, -0.25) is 5.84 Å². The molecule has 2 nitrogen and oxygen atoms in total. The van der Waals surface area contributed by atoms with Crippen LogP contribution in [-0.2, 0) is 12.8 Å². The highest BCUT2D eigenvalue weighted by atomic mass is 32.1. The maximum absolute atomic E-state index is 13.5. The molecule has 100 valence electrons. The van der Waals surface area contributed by atoms with E-state index < -0.39 is 0 Å². The van der Waals surface area contributed by atoms with Crippen LogP contribution in [0, 0.1) is 12.7 Å². The maximum Gasteiger partial charge on any atom is 0.123 e. The molecule has 1 aliphatic rings. The maximum atomic E-state index is 13.5. The lowest BCUT2D eigenvalue weighted by Gasteiger charge is -2.17. The highest BCUT2D eigenvalue weighted by Crippen LogP contribution is 2.36. The molecule has 4 heteroatoms. The fraction of sp³-hybridized carbons (Fsp3) is 0.333. The van der Waals surface area contributed by atoms with Crippen molar-refractivity contribution in [1.29, 1.82) is 0 Å². The molecule has 0 aliphatic heterocycles. The minimum absolute atomic E-state index is 0.119. The van der Waals surface area contributed by atoms with Crippen molar-refractivity contribution in [3.63, 3.8) is 0 Å². The Morgan fingerprint density at radius 3 is 2.89 bits per heavy atom. The van der Waals surface area contributed by atoms with Gasteiger partial charge in [-0.05, 0) is 61.1 Å². The van der Waals surface area contributed by atoms with Crippen molar-refractivity contribution >= 4 is 11.3 Å². The third kappa shape index (κ3) is 2.31. The second kappa shape index (κ2) is 5.04. The van der Waals surface area contributed by atoms with Crippen molar-refractivity contribution in [2.24, 2.45) is 5.84 Å². The number of nitrogens with one attached hydrogen (secondary N) is 1. The Labute approximate surface area is 116 Å². The number of halogens is 1. The van der Waals surface area contributed by atoms with Gasteiger partial charge in [-0.1, -0.05) is 6.07 Å². The molecule has 3 rings (SSSR count). The second-order valence-corrected chi connectivity index (χ2v) is 6.22. The van der Waals surface area contributed by atoms with Gasteiger partial charge in [-0.15, -0.1) is 11.3 Å². The van der Waals surface area contributed by atoms with Gasteiger partial charge in [-0.2, -0.15) is 0 Å². The van der Waals surface area contributed by atoms with Crippen LogP contribution in [0.2, 0.25) is 0 Å². The van der Waals surface area contributed by atoms with Gasteiger partial charge in [0.1, 0.15) is 5.82 Å². The Morgan fingerprint density at radius 2 is 2.16 bits per heavy atom. The van der Waals surface area contributed by atoms with Crippen LogP contribution < -0.4 is 11.3 Å². The van der Waals surface area contributed by atoms with E-state index in [9.17, 15) is 4.39 Å². The van der Waals surface area contributed by atoms with Crippen LogP contribution in [0.4, 0.5) is 4.39 Å². The standard InChI is InChI=1S/C15H17FN2S/c1-9-5-6-11(16)8-12(9)15(18-17)14-7-10-3-2-4-13(10)19-14/h5-8,15,18H,2-4,17H2,1H3. The second-order valence-electron chi connectivity index (χ2n) is 5.05. The Kier molecular flexibility index (Phi) is 3.39. The summed E-state index contributed by atoms with van der Waals surface area (Å²) in [4.78, 5) is 2.64. The lowest BCUT2D eigenvalue weighted by molar-refractivity contribution is 0.606. The molecule has 0 radical (unpaired) electrons. The zero-order valence-corrected chi connectivity index (χ0v) is 11.7. The number of benzene rings is 1. The van der Waals surface area contributed by atoms with Crippen molar-refractivity contribution in [2.45, 2.75) is 32.2 Å². The van der Waals surface area contributed by atoms with E-state index in [4.69, 9.17) is 5.84 Å². The molecule has 1 aromatic heterocycles. The fourth-order valence-corrected chi connectivity index (χ4v) is 4.08. The molecule has 1 unspecified atom stereocenters. The predicted molar refractivity (Wildman–Crippen MR) is 76.6 cm³/mol. The average Bonchev–Trinajstić information content (AvgIpc) is 2.95. The molecule has 0 fully saturated rings. The largest absolute Gasteiger partial charge is 0.271 e. The van der Waals surface area contributed by atoms with E-state index in [2.05, 4.69) is 11.5 Å². The topological polar surface area (TPSA) is 38.0 Å². The van der Waals surface area contributed by atoms with E-state index in [0.29, 0.717) is 0 Å². The van der Waals surface area contributed by atoms with Gasteiger partial charge in [0.15, 0.2) is 0 Å². The van der Waals surface area contributed by atoms with Crippen LogP contribution in [0.3, 0.4) is 0 Å². The van der Waals surface area contributed by atoms with Gasteiger partial charge in [0, 0.05) is 9.75 Å². The van der Waals surface area contributed by atoms with E-state index in [1.165, 1.54) is 34.2 Å². The molecule has 3 N–H and O–H groups in total. The molecule has 0 bridgehead atoms. The van der Waals surface area contributed by atoms with E-state index in [1.807, 2.05) is 6.92 Å². The van der Waals surface area contributed by atoms with Gasteiger partial charge in [-0.25, -0.2) is 9.82 Å². The Bertz CT molecular complexity index is 585. The summed E-state index contributed by atoms with van der Waals surface area (Å²) < 4.78 is 13.5. The van der Waals surface area contributed by atoms with E-state index >= 15 is 0 Å². The summed E-state index contributed by atoms with van der Waals surface area (Å²) in [5.74, 6) is 5.49. The third-order valence-electron chi connectivity index (χ3n) is 3.77. The molecular weight excluding hydrogens is 259 g/mol. The minimum Gasteiger partial charge on any atom is -0.271 e. The smallest absolute Gasteiger partial charge is 0.123 e. The van der Waals surface area contributed by atoms with Gasteiger partial charge in [0.05, 0.1) is 6.04 Å². The van der Waals surface area contributed by atoms with Crippen LogP contribution in [0.25, 0.3) is 0 Å².